The van der Waals surface area contributed by atoms with Crippen molar-refractivity contribution in [2.45, 2.75) is 165 Å². The van der Waals surface area contributed by atoms with Crippen LogP contribution in [0.1, 0.15) is 162 Å². The molecule has 4 aliphatic rings. The number of benzene rings is 4. The Bertz CT molecular complexity index is 3530. The highest BCUT2D eigenvalue weighted by atomic mass is 35.5. The van der Waals surface area contributed by atoms with Crippen molar-refractivity contribution in [2.24, 2.45) is 0 Å². The molecule has 0 atom stereocenters. The number of aliphatic hydroxyl groups is 2. The Morgan fingerprint density at radius 2 is 1.09 bits per heavy atom. The molecule has 0 saturated heterocycles. The van der Waals surface area contributed by atoms with Gasteiger partial charge in [0.1, 0.15) is 22.9 Å². The normalized spacial score (nSPS) is 21.2. The van der Waals surface area contributed by atoms with Crippen LogP contribution in [-0.4, -0.2) is 58.4 Å². The van der Waals surface area contributed by atoms with E-state index in [4.69, 9.17) is 81.1 Å². The summed E-state index contributed by atoms with van der Waals surface area (Å²) in [6.07, 6.45) is 11.9. The van der Waals surface area contributed by atoms with Gasteiger partial charge in [-0.3, -0.25) is 4.68 Å². The van der Waals surface area contributed by atoms with Crippen molar-refractivity contribution in [1.82, 2.24) is 29.9 Å². The zero-order valence-corrected chi connectivity index (χ0v) is 47.4. The minimum absolute atomic E-state index is 0.000403. The van der Waals surface area contributed by atoms with Gasteiger partial charge in [0.2, 0.25) is 0 Å². The molecule has 2 N–H and O–H groups in total. The van der Waals surface area contributed by atoms with Crippen molar-refractivity contribution in [3.8, 4) is 22.5 Å². The standard InChI is InChI=1S/C30H30Cl2N4O3.C29H31Cl2N3O3.CO2/c1-17(2)36-25-15-19(9-10-21(25)29(33-3)34-36)30(37)13-11-20(12-14-30)38-16-22-27(35-39-28(22)18-7-8-18)26-23(31)5-4-6-24(26)32;1-17(2)34-25-14-20(9-8-19(25)15-32-34)29(35)12-10-21(11-13-29)36-16-22-27(33-37-28(22)18-6-7-18)26-23(30)4-3-5-24(26)31;2-1-3/h4-6,9-10,15,17-18,20,37H,7-8,11-14,16H2,1-2H3;3-5,8-9,14-15,17-18,21,35H,6-7,10-13,16H2,1-2H3;. The zero-order valence-electron chi connectivity index (χ0n) is 44.4. The highest BCUT2D eigenvalue weighted by Gasteiger charge is 2.40. The van der Waals surface area contributed by atoms with Gasteiger partial charge in [0.15, 0.2) is 0 Å². The lowest BCUT2D eigenvalue weighted by Gasteiger charge is -2.36. The predicted octanol–water partition coefficient (Wildman–Crippen LogP) is 15.6. The number of hydrogen-bond acceptors (Lipinski definition) is 12. The minimum atomic E-state index is -0.953. The Morgan fingerprint density at radius 1 is 0.658 bits per heavy atom. The summed E-state index contributed by atoms with van der Waals surface area (Å²) in [5.74, 6) is 2.88. The number of ether oxygens (including phenoxy) is 2. The second-order valence-electron chi connectivity index (χ2n) is 21.8. The molecular weight excluding hydrogens is 1090 g/mol. The van der Waals surface area contributed by atoms with E-state index >= 15 is 0 Å². The van der Waals surface area contributed by atoms with Gasteiger partial charge in [-0.15, -0.1) is 0 Å². The summed E-state index contributed by atoms with van der Waals surface area (Å²) in [4.78, 5) is 19.8. The molecule has 4 aliphatic carbocycles. The third-order valence-electron chi connectivity index (χ3n) is 15.8. The molecule has 4 heterocycles. The first-order chi connectivity index (χ1) is 38.0. The Balaban J connectivity index is 0.000000170. The molecule has 0 amide bonds. The SMILES string of the molecule is CC(C)n1ncc2ccc(C3(O)CCC(OCc4c(-c5c(Cl)cccc5Cl)noc4C4CC4)CC3)cc21.O=C=O.[C-]#[N+]c1nn(C(C)C)c2cc(C3(O)CCC(OCc4c(-c5c(Cl)cccc5Cl)noc4C4CC4)CC3)ccc12. The van der Waals surface area contributed by atoms with Gasteiger partial charge in [-0.25, -0.2) is 0 Å². The van der Waals surface area contributed by atoms with Gasteiger partial charge in [0.05, 0.1) is 80.0 Å². The lowest BCUT2D eigenvalue weighted by Crippen LogP contribution is -2.34. The molecule has 4 aromatic heterocycles. The van der Waals surface area contributed by atoms with Gasteiger partial charge in [0, 0.05) is 50.9 Å². The van der Waals surface area contributed by atoms with E-state index in [1.165, 1.54) is 0 Å². The molecule has 0 unspecified atom stereocenters. The molecule has 8 aromatic rings. The molecule has 4 aromatic carbocycles. The van der Waals surface area contributed by atoms with Crippen molar-refractivity contribution in [2.75, 3.05) is 0 Å². The van der Waals surface area contributed by atoms with Crippen molar-refractivity contribution >= 4 is 80.2 Å². The molecule has 0 aliphatic heterocycles. The highest BCUT2D eigenvalue weighted by molar-refractivity contribution is 6.39. The largest absolute Gasteiger partial charge is 0.385 e. The maximum Gasteiger partial charge on any atom is 0.373 e. The first kappa shape index (κ1) is 56.4. The number of carbonyl (C=O) groups excluding carboxylic acids is 2. The number of rotatable bonds is 14. The zero-order chi connectivity index (χ0) is 55.8. The average Bonchev–Trinajstić information content (AvgIpc) is 4.32. The highest BCUT2D eigenvalue weighted by Crippen LogP contribution is 2.49. The van der Waals surface area contributed by atoms with E-state index in [2.05, 4.69) is 51.3 Å². The molecule has 0 radical (unpaired) electrons. The summed E-state index contributed by atoms with van der Waals surface area (Å²) in [6, 6.07) is 23.3. The summed E-state index contributed by atoms with van der Waals surface area (Å²) >= 11 is 26.0. The lowest BCUT2D eigenvalue weighted by molar-refractivity contribution is -0.191. The Kier molecular flexibility index (Phi) is 16.9. The maximum atomic E-state index is 11.6. The summed E-state index contributed by atoms with van der Waals surface area (Å²) in [5.41, 5.74) is 6.45. The molecule has 4 fully saturated rings. The van der Waals surface area contributed by atoms with E-state index in [0.29, 0.717) is 99.2 Å². The third-order valence-corrected chi connectivity index (χ3v) is 17.1. The van der Waals surface area contributed by atoms with E-state index in [1.807, 2.05) is 77.9 Å². The van der Waals surface area contributed by atoms with Crippen LogP contribution in [0.25, 0.3) is 49.2 Å². The van der Waals surface area contributed by atoms with Crippen LogP contribution in [0.5, 0.6) is 0 Å². The number of nitrogens with zero attached hydrogens (tertiary/aromatic N) is 7. The van der Waals surface area contributed by atoms with Crippen LogP contribution in [0.15, 0.2) is 88.0 Å². The van der Waals surface area contributed by atoms with Crippen molar-refractivity contribution < 1.29 is 38.3 Å². The molecular formula is C60H61Cl4N7O8. The van der Waals surface area contributed by atoms with Crippen LogP contribution >= 0.6 is 46.4 Å². The summed E-state index contributed by atoms with van der Waals surface area (Å²) in [5, 5.41) is 45.0. The second kappa shape index (κ2) is 23.7. The van der Waals surface area contributed by atoms with Gasteiger partial charge in [0.25, 0.3) is 0 Å². The molecule has 0 spiro atoms. The topological polar surface area (TPSA) is 185 Å². The Hall–Kier alpha value is -5.89. The van der Waals surface area contributed by atoms with Crippen molar-refractivity contribution in [3.63, 3.8) is 0 Å². The first-order valence-electron chi connectivity index (χ1n) is 27.0. The summed E-state index contributed by atoms with van der Waals surface area (Å²) in [7, 11) is 0. The number of fused-ring (bicyclic) bond motifs is 2. The van der Waals surface area contributed by atoms with Gasteiger partial charge in [-0.05, 0) is 157 Å². The first-order valence-corrected chi connectivity index (χ1v) is 28.5. The molecule has 12 rings (SSSR count). The average molecular weight is 1150 g/mol. The fourth-order valence-corrected chi connectivity index (χ4v) is 12.3. The van der Waals surface area contributed by atoms with Gasteiger partial charge in [-0.2, -0.15) is 19.4 Å². The molecule has 79 heavy (non-hydrogen) atoms. The lowest BCUT2D eigenvalue weighted by atomic mass is 9.78. The van der Waals surface area contributed by atoms with Crippen LogP contribution in [0.4, 0.5) is 5.82 Å². The quantitative estimate of drug-likeness (QED) is 0.0983. The second-order valence-corrected chi connectivity index (χ2v) is 23.4. The van der Waals surface area contributed by atoms with Crippen LogP contribution in [-0.2, 0) is 43.5 Å². The van der Waals surface area contributed by atoms with E-state index in [0.717, 1.165) is 107 Å². The fourth-order valence-electron chi connectivity index (χ4n) is 11.2. The molecule has 19 heteroatoms. The van der Waals surface area contributed by atoms with E-state index in [9.17, 15) is 10.2 Å². The van der Waals surface area contributed by atoms with Gasteiger partial charge >= 0.3 is 12.0 Å². The smallest absolute Gasteiger partial charge is 0.373 e. The molecule has 412 valence electrons. The van der Waals surface area contributed by atoms with E-state index < -0.39 is 11.2 Å². The third kappa shape index (κ3) is 11.8. The Morgan fingerprint density at radius 3 is 1.51 bits per heavy atom. The maximum absolute atomic E-state index is 11.6. The summed E-state index contributed by atoms with van der Waals surface area (Å²) in [6.45, 7) is 16.5. The summed E-state index contributed by atoms with van der Waals surface area (Å²) < 4.78 is 28.2. The molecule has 4 saturated carbocycles. The van der Waals surface area contributed by atoms with Crippen LogP contribution in [0, 0.1) is 6.57 Å². The van der Waals surface area contributed by atoms with Crippen LogP contribution in [0.2, 0.25) is 20.1 Å². The fraction of sp³-hybridized carbons (Fsp3) is 0.433. The van der Waals surface area contributed by atoms with Crippen LogP contribution in [0.3, 0.4) is 0 Å². The monoisotopic (exact) mass is 1150 g/mol. The minimum Gasteiger partial charge on any atom is -0.385 e. The van der Waals surface area contributed by atoms with Crippen LogP contribution < -0.4 is 0 Å². The van der Waals surface area contributed by atoms with E-state index in [1.54, 1.807) is 12.1 Å². The number of aromatic nitrogens is 6. The number of hydrogen-bond donors (Lipinski definition) is 2. The molecule has 0 bridgehead atoms. The predicted molar refractivity (Wildman–Crippen MR) is 301 cm³/mol. The Labute approximate surface area is 477 Å². The number of halogens is 4. The van der Waals surface area contributed by atoms with Gasteiger partial charge in [-0.1, -0.05) is 99.7 Å². The van der Waals surface area contributed by atoms with E-state index in [-0.39, 0.29) is 30.4 Å². The van der Waals surface area contributed by atoms with Gasteiger partial charge < -0.3 is 33.6 Å². The molecule has 15 nitrogen and oxygen atoms in total. The van der Waals surface area contributed by atoms with Crippen molar-refractivity contribution in [1.29, 1.82) is 0 Å². The van der Waals surface area contributed by atoms with Crippen molar-refractivity contribution in [3.05, 3.63) is 144 Å².